The van der Waals surface area contributed by atoms with E-state index >= 15 is 0 Å². The van der Waals surface area contributed by atoms with Gasteiger partial charge in [0.2, 0.25) is 20.9 Å². The van der Waals surface area contributed by atoms with E-state index in [1.165, 1.54) is 12.3 Å². The molecule has 0 bridgehead atoms. The van der Waals surface area contributed by atoms with E-state index in [-0.39, 0.29) is 18.7 Å². The Kier molecular flexibility index (Phi) is 3.61. The standard InChI is InChI=1S/C9H7BrClFN2O3S/c10-5-1-7(9(12)13-3-5)14-4-6(2-8(14)15)18(11,16)17/h1,3,6H,2,4H2. The van der Waals surface area contributed by atoms with Gasteiger partial charge in [0, 0.05) is 34.3 Å². The van der Waals surface area contributed by atoms with E-state index in [1.807, 2.05) is 0 Å². The first kappa shape index (κ1) is 13.7. The minimum Gasteiger partial charge on any atom is -0.307 e. The van der Waals surface area contributed by atoms with Crippen LogP contribution in [0, 0.1) is 5.95 Å². The lowest BCUT2D eigenvalue weighted by molar-refractivity contribution is -0.117. The monoisotopic (exact) mass is 356 g/mol. The van der Waals surface area contributed by atoms with Crippen LogP contribution in [-0.4, -0.2) is 31.1 Å². The molecule has 1 fully saturated rings. The summed E-state index contributed by atoms with van der Waals surface area (Å²) in [5.41, 5.74) is -0.0582. The van der Waals surface area contributed by atoms with Crippen LogP contribution >= 0.6 is 26.6 Å². The summed E-state index contributed by atoms with van der Waals surface area (Å²) in [7, 11) is 1.36. The minimum atomic E-state index is -3.84. The van der Waals surface area contributed by atoms with E-state index in [2.05, 4.69) is 20.9 Å². The predicted molar refractivity (Wildman–Crippen MR) is 67.4 cm³/mol. The van der Waals surface area contributed by atoms with Crippen LogP contribution in [-0.2, 0) is 13.8 Å². The summed E-state index contributed by atoms with van der Waals surface area (Å²) in [4.78, 5) is 16.2. The van der Waals surface area contributed by atoms with Crippen LogP contribution in [0.4, 0.5) is 10.1 Å². The third-order valence-corrected chi connectivity index (χ3v) is 4.87. The van der Waals surface area contributed by atoms with Gasteiger partial charge in [-0.15, -0.1) is 0 Å². The quantitative estimate of drug-likeness (QED) is 0.596. The molecule has 0 aromatic carbocycles. The second-order valence-corrected chi connectivity index (χ2v) is 7.59. The van der Waals surface area contributed by atoms with Crippen molar-refractivity contribution in [2.75, 3.05) is 11.4 Å². The Balaban J connectivity index is 2.35. The maximum absolute atomic E-state index is 13.5. The summed E-state index contributed by atoms with van der Waals surface area (Å²) in [6.07, 6.45) is 0.993. The molecule has 0 spiro atoms. The van der Waals surface area contributed by atoms with Gasteiger partial charge in [-0.1, -0.05) is 0 Å². The zero-order valence-corrected chi connectivity index (χ0v) is 12.0. The molecule has 0 aliphatic carbocycles. The Morgan fingerprint density at radius 2 is 2.22 bits per heavy atom. The third-order valence-electron chi connectivity index (χ3n) is 2.57. The Hall–Kier alpha value is -0.730. The molecular weight excluding hydrogens is 351 g/mol. The largest absolute Gasteiger partial charge is 0.307 e. The molecule has 1 atom stereocenters. The van der Waals surface area contributed by atoms with Crippen molar-refractivity contribution in [3.8, 4) is 0 Å². The molecule has 5 nitrogen and oxygen atoms in total. The van der Waals surface area contributed by atoms with Crippen molar-refractivity contribution in [2.24, 2.45) is 0 Å². The second kappa shape index (κ2) is 4.75. The van der Waals surface area contributed by atoms with Crippen LogP contribution in [0.2, 0.25) is 0 Å². The van der Waals surface area contributed by atoms with Gasteiger partial charge >= 0.3 is 0 Å². The zero-order valence-electron chi connectivity index (χ0n) is 8.81. The van der Waals surface area contributed by atoms with Crippen LogP contribution in [0.1, 0.15) is 6.42 Å². The fourth-order valence-electron chi connectivity index (χ4n) is 1.70. The van der Waals surface area contributed by atoms with Crippen molar-refractivity contribution in [3.05, 3.63) is 22.7 Å². The maximum atomic E-state index is 13.5. The van der Waals surface area contributed by atoms with Gasteiger partial charge in [0.25, 0.3) is 0 Å². The van der Waals surface area contributed by atoms with E-state index < -0.39 is 26.2 Å². The molecule has 1 aromatic rings. The van der Waals surface area contributed by atoms with Crippen molar-refractivity contribution in [2.45, 2.75) is 11.7 Å². The molecule has 1 aliphatic rings. The first-order chi connectivity index (χ1) is 8.29. The van der Waals surface area contributed by atoms with Gasteiger partial charge in [0.1, 0.15) is 10.9 Å². The van der Waals surface area contributed by atoms with Crippen LogP contribution in [0.15, 0.2) is 16.7 Å². The highest BCUT2D eigenvalue weighted by Gasteiger charge is 2.39. The molecule has 2 heterocycles. The summed E-state index contributed by atoms with van der Waals surface area (Å²) in [6.45, 7) is -0.167. The summed E-state index contributed by atoms with van der Waals surface area (Å²) in [6, 6.07) is 1.36. The Labute approximate surface area is 115 Å². The molecule has 98 valence electrons. The number of hydrogen-bond donors (Lipinski definition) is 0. The average molecular weight is 358 g/mol. The summed E-state index contributed by atoms with van der Waals surface area (Å²) in [5, 5.41) is -1.02. The van der Waals surface area contributed by atoms with E-state index in [0.29, 0.717) is 4.47 Å². The van der Waals surface area contributed by atoms with E-state index in [1.54, 1.807) is 0 Å². The molecule has 9 heteroatoms. The summed E-state index contributed by atoms with van der Waals surface area (Å²) >= 11 is 3.11. The molecule has 1 amide bonds. The predicted octanol–water partition coefficient (Wildman–Crippen LogP) is 1.66. The molecule has 1 saturated heterocycles. The van der Waals surface area contributed by atoms with Crippen LogP contribution in [0.25, 0.3) is 0 Å². The van der Waals surface area contributed by atoms with Crippen molar-refractivity contribution < 1.29 is 17.6 Å². The lowest BCUT2D eigenvalue weighted by Crippen LogP contribution is -2.27. The fourth-order valence-corrected chi connectivity index (χ4v) is 3.04. The molecule has 0 saturated carbocycles. The SMILES string of the molecule is O=C1CC(S(=O)(=O)Cl)CN1c1cc(Br)cnc1F. The molecule has 1 aromatic heterocycles. The number of nitrogens with zero attached hydrogens (tertiary/aromatic N) is 2. The van der Waals surface area contributed by atoms with Crippen LogP contribution in [0.5, 0.6) is 0 Å². The third kappa shape index (κ3) is 2.65. The van der Waals surface area contributed by atoms with Crippen molar-refractivity contribution in [3.63, 3.8) is 0 Å². The Morgan fingerprint density at radius 1 is 1.56 bits per heavy atom. The molecular formula is C9H7BrClFN2O3S. The lowest BCUT2D eigenvalue weighted by atomic mass is 10.3. The van der Waals surface area contributed by atoms with Gasteiger partial charge < -0.3 is 4.90 Å². The van der Waals surface area contributed by atoms with Crippen molar-refractivity contribution in [1.82, 2.24) is 4.98 Å². The number of rotatable bonds is 2. The smallest absolute Gasteiger partial charge is 0.237 e. The van der Waals surface area contributed by atoms with Gasteiger partial charge in [-0.05, 0) is 22.0 Å². The second-order valence-electron chi connectivity index (χ2n) is 3.77. The minimum absolute atomic E-state index is 0.0582. The molecule has 0 N–H and O–H groups in total. The number of aromatic nitrogens is 1. The van der Waals surface area contributed by atoms with E-state index in [4.69, 9.17) is 10.7 Å². The molecule has 0 radical (unpaired) electrons. The first-order valence-corrected chi connectivity index (χ1v) is 8.00. The van der Waals surface area contributed by atoms with Gasteiger partial charge in [-0.2, -0.15) is 4.39 Å². The normalized spacial score (nSPS) is 20.5. The van der Waals surface area contributed by atoms with E-state index in [9.17, 15) is 17.6 Å². The zero-order chi connectivity index (χ0) is 13.5. The van der Waals surface area contributed by atoms with Gasteiger partial charge in [0.05, 0.1) is 0 Å². The van der Waals surface area contributed by atoms with Crippen LogP contribution in [0.3, 0.4) is 0 Å². The van der Waals surface area contributed by atoms with E-state index in [0.717, 1.165) is 4.90 Å². The molecule has 1 unspecified atom stereocenters. The van der Waals surface area contributed by atoms with Crippen molar-refractivity contribution in [1.29, 1.82) is 0 Å². The lowest BCUT2D eigenvalue weighted by Gasteiger charge is -2.16. The van der Waals surface area contributed by atoms with Gasteiger partial charge in [0.15, 0.2) is 0 Å². The highest BCUT2D eigenvalue weighted by atomic mass is 79.9. The number of pyridine rings is 1. The highest BCUT2D eigenvalue weighted by Crippen LogP contribution is 2.29. The molecule has 1 aliphatic heterocycles. The fraction of sp³-hybridized carbons (Fsp3) is 0.333. The van der Waals surface area contributed by atoms with Gasteiger partial charge in [-0.3, -0.25) is 4.79 Å². The number of halogens is 3. The topological polar surface area (TPSA) is 67.3 Å². The number of anilines is 1. The summed E-state index contributed by atoms with van der Waals surface area (Å²) in [5.74, 6) is -1.33. The molecule has 18 heavy (non-hydrogen) atoms. The van der Waals surface area contributed by atoms with Crippen LogP contribution < -0.4 is 4.90 Å². The van der Waals surface area contributed by atoms with Crippen molar-refractivity contribution >= 4 is 47.3 Å². The Morgan fingerprint density at radius 3 is 2.78 bits per heavy atom. The number of carbonyl (C=O) groups excluding carboxylic acids is 1. The number of hydrogen-bond acceptors (Lipinski definition) is 4. The maximum Gasteiger partial charge on any atom is 0.237 e. The summed E-state index contributed by atoms with van der Waals surface area (Å²) < 4.78 is 36.4. The highest BCUT2D eigenvalue weighted by molar-refractivity contribution is 9.10. The Bertz CT molecular complexity index is 610. The number of amides is 1. The van der Waals surface area contributed by atoms with Gasteiger partial charge in [-0.25, -0.2) is 13.4 Å². The number of carbonyl (C=O) groups is 1. The molecule has 2 rings (SSSR count). The first-order valence-electron chi connectivity index (χ1n) is 4.84. The average Bonchev–Trinajstić information content (AvgIpc) is 2.64.